The smallest absolute Gasteiger partial charge is 0.257 e. The van der Waals surface area contributed by atoms with E-state index in [1.54, 1.807) is 23.4 Å². The molecule has 162 valence electrons. The SMILES string of the molecule is O=C(Nc1ccccc1CCc1ccccn1)c1cnc2c(c1)N(CC1CC1)C(=O)CN2. The number of carbonyl (C=O) groups is 2. The zero-order valence-corrected chi connectivity index (χ0v) is 17.8. The summed E-state index contributed by atoms with van der Waals surface area (Å²) in [6.07, 6.45) is 7.20. The zero-order valence-electron chi connectivity index (χ0n) is 17.8. The van der Waals surface area contributed by atoms with Gasteiger partial charge in [0.25, 0.3) is 5.91 Å². The number of benzene rings is 1. The largest absolute Gasteiger partial charge is 0.359 e. The number of aryl methyl sites for hydroxylation is 2. The summed E-state index contributed by atoms with van der Waals surface area (Å²) in [6.45, 7) is 0.929. The predicted octanol–water partition coefficient (Wildman–Crippen LogP) is 3.68. The minimum absolute atomic E-state index is 0.0172. The van der Waals surface area contributed by atoms with E-state index in [2.05, 4.69) is 20.6 Å². The lowest BCUT2D eigenvalue weighted by Crippen LogP contribution is -2.41. The molecular formula is C25H25N5O2. The first kappa shape index (κ1) is 20.2. The van der Waals surface area contributed by atoms with Crippen LogP contribution in [-0.2, 0) is 17.6 Å². The normalized spacial score (nSPS) is 15.1. The Bertz CT molecular complexity index is 1140. The van der Waals surface area contributed by atoms with Crippen molar-refractivity contribution < 1.29 is 9.59 Å². The fourth-order valence-corrected chi connectivity index (χ4v) is 3.93. The van der Waals surface area contributed by atoms with Crippen LogP contribution >= 0.6 is 0 Å². The quantitative estimate of drug-likeness (QED) is 0.601. The average molecular weight is 428 g/mol. The molecule has 0 radical (unpaired) electrons. The van der Waals surface area contributed by atoms with E-state index >= 15 is 0 Å². The van der Waals surface area contributed by atoms with Crippen LogP contribution in [0.3, 0.4) is 0 Å². The third kappa shape index (κ3) is 4.46. The van der Waals surface area contributed by atoms with E-state index in [-0.39, 0.29) is 18.4 Å². The van der Waals surface area contributed by atoms with E-state index in [9.17, 15) is 9.59 Å². The van der Waals surface area contributed by atoms with Gasteiger partial charge in [-0.2, -0.15) is 0 Å². The third-order valence-electron chi connectivity index (χ3n) is 5.91. The summed E-state index contributed by atoms with van der Waals surface area (Å²) in [6, 6.07) is 15.4. The fourth-order valence-electron chi connectivity index (χ4n) is 3.93. The second-order valence-electron chi connectivity index (χ2n) is 8.33. The molecule has 2 N–H and O–H groups in total. The molecule has 7 nitrogen and oxygen atoms in total. The van der Waals surface area contributed by atoms with Crippen molar-refractivity contribution in [1.29, 1.82) is 0 Å². The number of nitrogens with zero attached hydrogens (tertiary/aromatic N) is 3. The number of carbonyl (C=O) groups excluding carboxylic acids is 2. The number of fused-ring (bicyclic) bond motifs is 1. The van der Waals surface area contributed by atoms with Gasteiger partial charge < -0.3 is 15.5 Å². The molecule has 0 spiro atoms. The first-order valence-electron chi connectivity index (χ1n) is 11.0. The number of nitrogens with one attached hydrogen (secondary N) is 2. The van der Waals surface area contributed by atoms with Gasteiger partial charge in [0.05, 0.1) is 17.8 Å². The number of aromatic nitrogens is 2. The van der Waals surface area contributed by atoms with Gasteiger partial charge in [0.15, 0.2) is 0 Å². The van der Waals surface area contributed by atoms with Crippen LogP contribution in [0.5, 0.6) is 0 Å². The second-order valence-corrected chi connectivity index (χ2v) is 8.33. The van der Waals surface area contributed by atoms with Crippen LogP contribution in [0.15, 0.2) is 60.9 Å². The molecule has 5 rings (SSSR count). The molecule has 1 aliphatic carbocycles. The molecule has 32 heavy (non-hydrogen) atoms. The first-order valence-corrected chi connectivity index (χ1v) is 11.0. The zero-order chi connectivity index (χ0) is 21.9. The van der Waals surface area contributed by atoms with E-state index in [0.29, 0.717) is 29.5 Å². The van der Waals surface area contributed by atoms with Crippen LogP contribution in [0.25, 0.3) is 0 Å². The lowest BCUT2D eigenvalue weighted by atomic mass is 10.1. The first-order chi connectivity index (χ1) is 15.7. The van der Waals surface area contributed by atoms with E-state index < -0.39 is 0 Å². The number of rotatable bonds is 7. The van der Waals surface area contributed by atoms with Crippen LogP contribution in [0, 0.1) is 5.92 Å². The van der Waals surface area contributed by atoms with Gasteiger partial charge in [0.1, 0.15) is 5.82 Å². The minimum Gasteiger partial charge on any atom is -0.359 e. The van der Waals surface area contributed by atoms with Crippen LogP contribution < -0.4 is 15.5 Å². The number of anilines is 3. The molecule has 0 bridgehead atoms. The summed E-state index contributed by atoms with van der Waals surface area (Å²) >= 11 is 0. The van der Waals surface area contributed by atoms with Gasteiger partial charge in [-0.25, -0.2) is 4.98 Å². The highest BCUT2D eigenvalue weighted by Gasteiger charge is 2.32. The van der Waals surface area contributed by atoms with Crippen LogP contribution in [0.4, 0.5) is 17.2 Å². The van der Waals surface area contributed by atoms with Crippen molar-refractivity contribution >= 4 is 29.0 Å². The maximum absolute atomic E-state index is 13.1. The Labute approximate surface area is 186 Å². The lowest BCUT2D eigenvalue weighted by molar-refractivity contribution is -0.117. The van der Waals surface area contributed by atoms with Gasteiger partial charge in [-0.3, -0.25) is 14.6 Å². The summed E-state index contributed by atoms with van der Waals surface area (Å²) in [5.74, 6) is 0.976. The van der Waals surface area contributed by atoms with Gasteiger partial charge in [-0.05, 0) is 61.4 Å². The summed E-state index contributed by atoms with van der Waals surface area (Å²) < 4.78 is 0. The maximum atomic E-state index is 13.1. The molecule has 2 aliphatic rings. The Kier molecular flexibility index (Phi) is 5.54. The molecule has 0 saturated heterocycles. The maximum Gasteiger partial charge on any atom is 0.257 e. The number of amides is 2. The second kappa shape index (κ2) is 8.78. The summed E-state index contributed by atoms with van der Waals surface area (Å²) in [5.41, 5.74) is 3.95. The minimum atomic E-state index is -0.241. The molecule has 1 aliphatic heterocycles. The third-order valence-corrected chi connectivity index (χ3v) is 5.91. The Morgan fingerprint density at radius 2 is 1.94 bits per heavy atom. The van der Waals surface area contributed by atoms with Gasteiger partial charge in [0, 0.05) is 30.3 Å². The predicted molar refractivity (Wildman–Crippen MR) is 124 cm³/mol. The van der Waals surface area contributed by atoms with Gasteiger partial charge in [-0.1, -0.05) is 24.3 Å². The van der Waals surface area contributed by atoms with Crippen molar-refractivity contribution in [2.75, 3.05) is 28.6 Å². The monoisotopic (exact) mass is 427 g/mol. The molecule has 2 amide bonds. The average Bonchev–Trinajstić information content (AvgIpc) is 3.65. The van der Waals surface area contributed by atoms with Crippen molar-refractivity contribution in [3.63, 3.8) is 0 Å². The summed E-state index contributed by atoms with van der Waals surface area (Å²) in [4.78, 5) is 36.1. The summed E-state index contributed by atoms with van der Waals surface area (Å²) in [7, 11) is 0. The summed E-state index contributed by atoms with van der Waals surface area (Å²) in [5, 5.41) is 6.08. The standard InChI is InChI=1S/C25H25N5O2/c31-23-15-28-24-22(30(23)16-17-8-9-17)13-19(14-27-24)25(32)29-21-7-2-1-5-18(21)10-11-20-6-3-4-12-26-20/h1-7,12-14,17H,8-11,15-16H2,(H,27,28)(H,29,32). The number of pyridine rings is 2. The van der Waals surface area contributed by atoms with Crippen LogP contribution in [0.1, 0.15) is 34.5 Å². The van der Waals surface area contributed by atoms with E-state index in [0.717, 1.165) is 42.6 Å². The molecule has 7 heteroatoms. The topological polar surface area (TPSA) is 87.2 Å². The van der Waals surface area contributed by atoms with Crippen LogP contribution in [0.2, 0.25) is 0 Å². The molecule has 0 atom stereocenters. The van der Waals surface area contributed by atoms with E-state index in [4.69, 9.17) is 0 Å². The van der Waals surface area contributed by atoms with Crippen molar-refractivity contribution in [3.05, 3.63) is 77.7 Å². The molecule has 1 fully saturated rings. The highest BCUT2D eigenvalue weighted by molar-refractivity contribution is 6.07. The van der Waals surface area contributed by atoms with E-state index in [1.807, 2.05) is 42.5 Å². The van der Waals surface area contributed by atoms with Crippen molar-refractivity contribution in [2.45, 2.75) is 25.7 Å². The molecule has 3 heterocycles. The van der Waals surface area contributed by atoms with E-state index in [1.165, 1.54) is 0 Å². The molecule has 1 saturated carbocycles. The molecule has 2 aromatic heterocycles. The molecule has 1 aromatic carbocycles. The molecular weight excluding hydrogens is 402 g/mol. The van der Waals surface area contributed by atoms with Gasteiger partial charge in [0.2, 0.25) is 5.91 Å². The van der Waals surface area contributed by atoms with Crippen LogP contribution in [-0.4, -0.2) is 34.9 Å². The molecule has 0 unspecified atom stereocenters. The van der Waals surface area contributed by atoms with Gasteiger partial charge >= 0.3 is 0 Å². The number of hydrogen-bond acceptors (Lipinski definition) is 5. The van der Waals surface area contributed by atoms with Crippen molar-refractivity contribution in [3.8, 4) is 0 Å². The Morgan fingerprint density at radius 1 is 1.09 bits per heavy atom. The van der Waals surface area contributed by atoms with Crippen molar-refractivity contribution in [1.82, 2.24) is 9.97 Å². The van der Waals surface area contributed by atoms with Gasteiger partial charge in [-0.15, -0.1) is 0 Å². The molecule has 3 aromatic rings. The number of para-hydroxylation sites is 1. The highest BCUT2D eigenvalue weighted by Crippen LogP contribution is 2.35. The Balaban J connectivity index is 1.33. The lowest BCUT2D eigenvalue weighted by Gasteiger charge is -2.29. The fraction of sp³-hybridized carbons (Fsp3) is 0.280. The Hall–Kier alpha value is -3.74. The Morgan fingerprint density at radius 3 is 2.75 bits per heavy atom. The highest BCUT2D eigenvalue weighted by atomic mass is 16.2. The van der Waals surface area contributed by atoms with Crippen molar-refractivity contribution in [2.24, 2.45) is 5.92 Å². The number of hydrogen-bond donors (Lipinski definition) is 2.